The molecule has 0 unspecified atom stereocenters. The Bertz CT molecular complexity index is 906. The second-order valence-electron chi connectivity index (χ2n) is 5.65. The summed E-state index contributed by atoms with van der Waals surface area (Å²) in [5.41, 5.74) is 1.03. The van der Waals surface area contributed by atoms with Gasteiger partial charge in [0.1, 0.15) is 5.15 Å². The fourth-order valence-corrected chi connectivity index (χ4v) is 3.66. The Balaban J connectivity index is 1.56. The van der Waals surface area contributed by atoms with Gasteiger partial charge in [0.15, 0.2) is 5.13 Å². The van der Waals surface area contributed by atoms with Crippen LogP contribution in [0, 0.1) is 5.92 Å². The van der Waals surface area contributed by atoms with E-state index >= 15 is 0 Å². The fourth-order valence-electron chi connectivity index (χ4n) is 2.68. The minimum atomic E-state index is -0.0762. The molecule has 2 aromatic heterocycles. The summed E-state index contributed by atoms with van der Waals surface area (Å²) >= 11 is 7.42. The van der Waals surface area contributed by atoms with Gasteiger partial charge in [-0.25, -0.2) is 9.97 Å². The van der Waals surface area contributed by atoms with Crippen molar-refractivity contribution >= 4 is 44.7 Å². The average Bonchev–Trinajstić information content (AvgIpc) is 3.26. The molecular weight excluding hydrogens is 346 g/mol. The lowest BCUT2D eigenvalue weighted by molar-refractivity contribution is -0.119. The van der Waals surface area contributed by atoms with Crippen molar-refractivity contribution in [2.75, 3.05) is 18.5 Å². The summed E-state index contributed by atoms with van der Waals surface area (Å²) in [5.74, 6) is -0.0996. The van der Waals surface area contributed by atoms with Crippen molar-refractivity contribution in [1.82, 2.24) is 9.97 Å². The van der Waals surface area contributed by atoms with Gasteiger partial charge in [0, 0.05) is 24.4 Å². The van der Waals surface area contributed by atoms with E-state index in [-0.39, 0.29) is 11.8 Å². The van der Waals surface area contributed by atoms with Crippen molar-refractivity contribution in [3.8, 4) is 10.4 Å². The van der Waals surface area contributed by atoms with E-state index in [1.807, 2.05) is 24.3 Å². The van der Waals surface area contributed by atoms with Crippen LogP contribution in [0.5, 0.6) is 0 Å². The number of thiazole rings is 1. The van der Waals surface area contributed by atoms with Crippen LogP contribution < -0.4 is 5.32 Å². The van der Waals surface area contributed by atoms with Gasteiger partial charge in [-0.15, -0.1) is 0 Å². The van der Waals surface area contributed by atoms with Gasteiger partial charge in [0.25, 0.3) is 0 Å². The summed E-state index contributed by atoms with van der Waals surface area (Å²) in [6.45, 7) is 1.14. The number of carbonyl (C=O) groups excluding carboxylic acids is 1. The molecule has 0 radical (unpaired) electrons. The molecule has 24 heavy (non-hydrogen) atoms. The number of fused-ring (bicyclic) bond motifs is 1. The highest BCUT2D eigenvalue weighted by atomic mass is 35.5. The van der Waals surface area contributed by atoms with Gasteiger partial charge >= 0.3 is 0 Å². The number of aromatic nitrogens is 2. The largest absolute Gasteiger partial charge is 0.381 e. The number of ether oxygens (including phenoxy) is 1. The smallest absolute Gasteiger partial charge is 0.231 e. The first-order valence-electron chi connectivity index (χ1n) is 7.59. The SMILES string of the molecule is O=C(Nc1ncc(-c2ccc3cnc(Cl)cc3c2)s1)[C@@H]1CCOC1. The maximum atomic E-state index is 12.1. The van der Waals surface area contributed by atoms with Crippen LogP contribution in [0.1, 0.15) is 6.42 Å². The number of carbonyl (C=O) groups is 1. The van der Waals surface area contributed by atoms with Gasteiger partial charge < -0.3 is 10.1 Å². The lowest BCUT2D eigenvalue weighted by Gasteiger charge is -2.06. The Labute approximate surface area is 147 Å². The molecule has 7 heteroatoms. The number of hydrogen-bond acceptors (Lipinski definition) is 5. The topological polar surface area (TPSA) is 64.1 Å². The van der Waals surface area contributed by atoms with Crippen molar-refractivity contribution < 1.29 is 9.53 Å². The molecule has 1 amide bonds. The van der Waals surface area contributed by atoms with Gasteiger partial charge in [-0.1, -0.05) is 35.1 Å². The van der Waals surface area contributed by atoms with E-state index < -0.39 is 0 Å². The zero-order valence-electron chi connectivity index (χ0n) is 12.7. The van der Waals surface area contributed by atoms with Crippen LogP contribution in [-0.2, 0) is 9.53 Å². The van der Waals surface area contributed by atoms with E-state index in [0.29, 0.717) is 23.5 Å². The Morgan fingerprint density at radius 3 is 3.00 bits per heavy atom. The fraction of sp³-hybridized carbons (Fsp3) is 0.235. The molecule has 0 spiro atoms. The third kappa shape index (κ3) is 3.13. The van der Waals surface area contributed by atoms with Gasteiger partial charge in [-0.2, -0.15) is 0 Å². The molecule has 3 heterocycles. The first kappa shape index (κ1) is 15.5. The van der Waals surface area contributed by atoms with E-state index in [0.717, 1.165) is 27.6 Å². The number of nitrogens with one attached hydrogen (secondary N) is 1. The monoisotopic (exact) mass is 359 g/mol. The summed E-state index contributed by atoms with van der Waals surface area (Å²) < 4.78 is 5.25. The minimum absolute atomic E-state index is 0.0234. The maximum Gasteiger partial charge on any atom is 0.231 e. The van der Waals surface area contributed by atoms with E-state index in [1.165, 1.54) is 11.3 Å². The number of rotatable bonds is 3. The second-order valence-corrected chi connectivity index (χ2v) is 7.07. The number of halogens is 1. The summed E-state index contributed by atoms with van der Waals surface area (Å²) in [5, 5.41) is 6.00. The molecule has 1 N–H and O–H groups in total. The van der Waals surface area contributed by atoms with Gasteiger partial charge in [0.2, 0.25) is 5.91 Å². The standard InChI is InChI=1S/C17H14ClN3O2S/c18-15-6-13-5-10(1-2-11(13)7-19-15)14-8-20-17(24-14)21-16(22)12-3-4-23-9-12/h1-2,5-8,12H,3-4,9H2,(H,20,21,22)/t12-/m1/s1. The Hall–Kier alpha value is -2.02. The molecule has 5 nitrogen and oxygen atoms in total. The van der Waals surface area contributed by atoms with E-state index in [4.69, 9.17) is 16.3 Å². The van der Waals surface area contributed by atoms with Gasteiger partial charge in [-0.05, 0) is 29.5 Å². The van der Waals surface area contributed by atoms with Crippen molar-refractivity contribution in [3.05, 3.63) is 41.8 Å². The maximum absolute atomic E-state index is 12.1. The first-order valence-corrected chi connectivity index (χ1v) is 8.78. The molecule has 1 aliphatic heterocycles. The minimum Gasteiger partial charge on any atom is -0.381 e. The molecule has 0 aliphatic carbocycles. The summed E-state index contributed by atoms with van der Waals surface area (Å²) in [6, 6.07) is 7.90. The highest BCUT2D eigenvalue weighted by molar-refractivity contribution is 7.19. The number of benzene rings is 1. The Morgan fingerprint density at radius 2 is 2.17 bits per heavy atom. The van der Waals surface area contributed by atoms with Crippen LogP contribution in [0.4, 0.5) is 5.13 Å². The second kappa shape index (κ2) is 6.47. The van der Waals surface area contributed by atoms with Crippen LogP contribution in [0.3, 0.4) is 0 Å². The van der Waals surface area contributed by atoms with Crippen LogP contribution in [-0.4, -0.2) is 29.1 Å². The van der Waals surface area contributed by atoms with Crippen LogP contribution in [0.2, 0.25) is 5.15 Å². The molecule has 3 aromatic rings. The van der Waals surface area contributed by atoms with Crippen molar-refractivity contribution in [2.45, 2.75) is 6.42 Å². The summed E-state index contributed by atoms with van der Waals surface area (Å²) in [4.78, 5) is 21.5. The van der Waals surface area contributed by atoms with Crippen LogP contribution in [0.25, 0.3) is 21.2 Å². The predicted octanol–water partition coefficient (Wildman–Crippen LogP) is 3.99. The molecule has 1 fully saturated rings. The van der Waals surface area contributed by atoms with Gasteiger partial charge in [-0.3, -0.25) is 4.79 Å². The molecule has 1 saturated heterocycles. The molecule has 1 aliphatic rings. The zero-order valence-corrected chi connectivity index (χ0v) is 14.2. The van der Waals surface area contributed by atoms with Gasteiger partial charge in [0.05, 0.1) is 17.4 Å². The first-order chi connectivity index (χ1) is 11.7. The molecular formula is C17H14ClN3O2S. The Kier molecular flexibility index (Phi) is 4.18. The molecule has 122 valence electrons. The number of amides is 1. The molecule has 0 saturated carbocycles. The number of nitrogens with zero attached hydrogens (tertiary/aromatic N) is 2. The van der Waals surface area contributed by atoms with E-state index in [1.54, 1.807) is 12.4 Å². The average molecular weight is 360 g/mol. The Morgan fingerprint density at radius 1 is 1.25 bits per heavy atom. The molecule has 0 bridgehead atoms. The van der Waals surface area contributed by atoms with E-state index in [9.17, 15) is 4.79 Å². The summed E-state index contributed by atoms with van der Waals surface area (Å²) in [6.07, 6.45) is 4.29. The number of anilines is 1. The van der Waals surface area contributed by atoms with Crippen molar-refractivity contribution in [3.63, 3.8) is 0 Å². The predicted molar refractivity (Wildman–Crippen MR) is 95.4 cm³/mol. The molecule has 1 aromatic carbocycles. The van der Waals surface area contributed by atoms with Crippen LogP contribution >= 0.6 is 22.9 Å². The lowest BCUT2D eigenvalue weighted by Crippen LogP contribution is -2.22. The highest BCUT2D eigenvalue weighted by Gasteiger charge is 2.24. The molecule has 4 rings (SSSR count). The highest BCUT2D eigenvalue weighted by Crippen LogP contribution is 2.32. The normalized spacial score (nSPS) is 17.3. The van der Waals surface area contributed by atoms with Crippen molar-refractivity contribution in [2.24, 2.45) is 5.92 Å². The van der Waals surface area contributed by atoms with Crippen LogP contribution in [0.15, 0.2) is 36.7 Å². The molecule has 1 atom stereocenters. The summed E-state index contributed by atoms with van der Waals surface area (Å²) in [7, 11) is 0. The number of pyridine rings is 1. The third-order valence-corrected chi connectivity index (χ3v) is 5.18. The quantitative estimate of drug-likeness (QED) is 0.718. The lowest BCUT2D eigenvalue weighted by atomic mass is 10.1. The van der Waals surface area contributed by atoms with E-state index in [2.05, 4.69) is 15.3 Å². The van der Waals surface area contributed by atoms with Crippen molar-refractivity contribution in [1.29, 1.82) is 0 Å². The number of hydrogen-bond donors (Lipinski definition) is 1. The zero-order chi connectivity index (χ0) is 16.5. The third-order valence-electron chi connectivity index (χ3n) is 4.01.